The van der Waals surface area contributed by atoms with Gasteiger partial charge in [-0.25, -0.2) is 23.7 Å². The number of hydrogen-bond acceptors (Lipinski definition) is 5. The zero-order valence-electron chi connectivity index (χ0n) is 15.5. The van der Waals surface area contributed by atoms with Gasteiger partial charge in [0.1, 0.15) is 17.2 Å². The highest BCUT2D eigenvalue weighted by molar-refractivity contribution is 5.59. The summed E-state index contributed by atoms with van der Waals surface area (Å²) in [6.45, 7) is 1.76. The second-order valence-electron chi connectivity index (χ2n) is 7.19. The van der Waals surface area contributed by atoms with Gasteiger partial charge in [-0.1, -0.05) is 0 Å². The van der Waals surface area contributed by atoms with Crippen LogP contribution in [0, 0.1) is 0 Å². The van der Waals surface area contributed by atoms with Gasteiger partial charge in [0, 0.05) is 43.2 Å². The van der Waals surface area contributed by atoms with Crippen molar-refractivity contribution in [2.45, 2.75) is 25.2 Å². The van der Waals surface area contributed by atoms with Crippen LogP contribution in [-0.4, -0.2) is 42.6 Å². The quantitative estimate of drug-likeness (QED) is 0.568. The SMILES string of the molecule is FC(F)c1ccc2ncc(-c3nccc(N4CCCC(c5cn[nH]c5)C4)n3)n2c1. The number of nitrogens with zero attached hydrogens (tertiary/aromatic N) is 6. The Morgan fingerprint density at radius 1 is 1.14 bits per heavy atom. The summed E-state index contributed by atoms with van der Waals surface area (Å²) in [5.74, 6) is 1.68. The molecule has 0 spiro atoms. The zero-order valence-corrected chi connectivity index (χ0v) is 15.5. The molecule has 4 aromatic heterocycles. The number of aromatic amines is 1. The number of fused-ring (bicyclic) bond motifs is 1. The van der Waals surface area contributed by atoms with Gasteiger partial charge in [-0.15, -0.1) is 0 Å². The Balaban J connectivity index is 1.47. The topological polar surface area (TPSA) is 75.0 Å². The molecule has 9 heteroatoms. The molecule has 1 fully saturated rings. The number of alkyl halides is 2. The summed E-state index contributed by atoms with van der Waals surface area (Å²) in [4.78, 5) is 15.6. The van der Waals surface area contributed by atoms with Crippen molar-refractivity contribution in [3.63, 3.8) is 0 Å². The molecule has 1 aliphatic rings. The molecule has 1 atom stereocenters. The molecule has 4 aromatic rings. The summed E-state index contributed by atoms with van der Waals surface area (Å²) in [6.07, 6.45) is 8.16. The van der Waals surface area contributed by atoms with Crippen molar-refractivity contribution in [3.8, 4) is 11.5 Å². The van der Waals surface area contributed by atoms with Crippen molar-refractivity contribution in [1.82, 2.24) is 29.5 Å². The average molecular weight is 395 g/mol. The van der Waals surface area contributed by atoms with Crippen LogP contribution in [0.2, 0.25) is 0 Å². The van der Waals surface area contributed by atoms with E-state index in [-0.39, 0.29) is 5.56 Å². The lowest BCUT2D eigenvalue weighted by Crippen LogP contribution is -2.34. The molecule has 0 aromatic carbocycles. The minimum absolute atomic E-state index is 0.0631. The van der Waals surface area contributed by atoms with Crippen molar-refractivity contribution in [2.24, 2.45) is 0 Å². The number of piperidine rings is 1. The highest BCUT2D eigenvalue weighted by atomic mass is 19.3. The fourth-order valence-corrected chi connectivity index (χ4v) is 3.88. The van der Waals surface area contributed by atoms with Gasteiger partial charge in [0.15, 0.2) is 5.82 Å². The largest absolute Gasteiger partial charge is 0.356 e. The van der Waals surface area contributed by atoms with Gasteiger partial charge in [-0.3, -0.25) is 9.50 Å². The van der Waals surface area contributed by atoms with Crippen LogP contribution in [0.5, 0.6) is 0 Å². The van der Waals surface area contributed by atoms with Gasteiger partial charge in [-0.05, 0) is 36.6 Å². The Kier molecular flexibility index (Phi) is 4.42. The summed E-state index contributed by atoms with van der Waals surface area (Å²) in [6, 6.07) is 4.85. The number of anilines is 1. The van der Waals surface area contributed by atoms with E-state index in [4.69, 9.17) is 4.98 Å². The van der Waals surface area contributed by atoms with Gasteiger partial charge in [0.25, 0.3) is 6.43 Å². The number of imidazole rings is 1. The Bertz CT molecular complexity index is 1120. The zero-order chi connectivity index (χ0) is 19.8. The first-order valence-electron chi connectivity index (χ1n) is 9.51. The van der Waals surface area contributed by atoms with E-state index >= 15 is 0 Å². The minimum Gasteiger partial charge on any atom is -0.356 e. The summed E-state index contributed by atoms with van der Waals surface area (Å²) < 4.78 is 27.9. The van der Waals surface area contributed by atoms with E-state index in [2.05, 4.69) is 25.1 Å². The molecule has 0 aliphatic carbocycles. The Hall–Kier alpha value is -3.36. The normalized spacial score (nSPS) is 17.3. The Labute approximate surface area is 165 Å². The third-order valence-electron chi connectivity index (χ3n) is 5.39. The molecular weight excluding hydrogens is 376 g/mol. The van der Waals surface area contributed by atoms with Gasteiger partial charge >= 0.3 is 0 Å². The van der Waals surface area contributed by atoms with Crippen molar-refractivity contribution in [1.29, 1.82) is 0 Å². The molecule has 1 unspecified atom stereocenters. The molecule has 5 heterocycles. The average Bonchev–Trinajstić information content (AvgIpc) is 3.43. The molecule has 29 heavy (non-hydrogen) atoms. The van der Waals surface area contributed by atoms with Crippen molar-refractivity contribution >= 4 is 11.5 Å². The van der Waals surface area contributed by atoms with E-state index in [1.54, 1.807) is 22.9 Å². The molecule has 148 valence electrons. The number of halogens is 2. The van der Waals surface area contributed by atoms with Crippen LogP contribution in [0.25, 0.3) is 17.2 Å². The highest BCUT2D eigenvalue weighted by Gasteiger charge is 2.23. The van der Waals surface area contributed by atoms with Crippen LogP contribution in [0.1, 0.15) is 36.3 Å². The smallest absolute Gasteiger partial charge is 0.265 e. The van der Waals surface area contributed by atoms with Crippen LogP contribution in [0.3, 0.4) is 0 Å². The van der Waals surface area contributed by atoms with Crippen LogP contribution in [0.15, 0.2) is 49.2 Å². The molecular formula is C20H19F2N7. The third kappa shape index (κ3) is 3.32. The molecule has 1 N–H and O–H groups in total. The van der Waals surface area contributed by atoms with Crippen LogP contribution in [-0.2, 0) is 0 Å². The molecule has 0 saturated carbocycles. The number of nitrogens with one attached hydrogen (secondary N) is 1. The first kappa shape index (κ1) is 17.7. The molecule has 0 bridgehead atoms. The van der Waals surface area contributed by atoms with Crippen LogP contribution >= 0.6 is 0 Å². The third-order valence-corrected chi connectivity index (χ3v) is 5.39. The lowest BCUT2D eigenvalue weighted by atomic mass is 9.93. The summed E-state index contributed by atoms with van der Waals surface area (Å²) in [5.41, 5.74) is 2.31. The van der Waals surface area contributed by atoms with Crippen molar-refractivity contribution < 1.29 is 8.78 Å². The second-order valence-corrected chi connectivity index (χ2v) is 7.19. The van der Waals surface area contributed by atoms with Gasteiger partial charge in [-0.2, -0.15) is 5.10 Å². The summed E-state index contributed by atoms with van der Waals surface area (Å²) in [5, 5.41) is 6.94. The van der Waals surface area contributed by atoms with E-state index < -0.39 is 6.43 Å². The Morgan fingerprint density at radius 3 is 2.90 bits per heavy atom. The lowest BCUT2D eigenvalue weighted by Gasteiger charge is -2.33. The predicted octanol–water partition coefficient (Wildman–Crippen LogP) is 3.84. The summed E-state index contributed by atoms with van der Waals surface area (Å²) >= 11 is 0. The number of pyridine rings is 1. The number of H-pyrrole nitrogens is 1. The van der Waals surface area contributed by atoms with E-state index in [0.29, 0.717) is 23.1 Å². The molecule has 5 rings (SSSR count). The van der Waals surface area contributed by atoms with E-state index in [0.717, 1.165) is 31.7 Å². The van der Waals surface area contributed by atoms with E-state index in [1.807, 2.05) is 18.5 Å². The van der Waals surface area contributed by atoms with Crippen LogP contribution in [0.4, 0.5) is 14.6 Å². The lowest BCUT2D eigenvalue weighted by molar-refractivity contribution is 0.151. The van der Waals surface area contributed by atoms with E-state index in [1.165, 1.54) is 17.8 Å². The fraction of sp³-hybridized carbons (Fsp3) is 0.300. The maximum atomic E-state index is 13.1. The summed E-state index contributed by atoms with van der Waals surface area (Å²) in [7, 11) is 0. The molecule has 1 saturated heterocycles. The van der Waals surface area contributed by atoms with Crippen molar-refractivity contribution in [3.05, 3.63) is 60.3 Å². The second kappa shape index (κ2) is 7.23. The minimum atomic E-state index is -2.55. The fourth-order valence-electron chi connectivity index (χ4n) is 3.88. The first-order valence-corrected chi connectivity index (χ1v) is 9.51. The highest BCUT2D eigenvalue weighted by Crippen LogP contribution is 2.29. The maximum Gasteiger partial charge on any atom is 0.265 e. The Morgan fingerprint density at radius 2 is 2.07 bits per heavy atom. The number of rotatable bonds is 4. The molecule has 0 radical (unpaired) electrons. The maximum absolute atomic E-state index is 13.1. The monoisotopic (exact) mass is 395 g/mol. The number of hydrogen-bond donors (Lipinski definition) is 1. The standard InChI is InChI=1S/C20H19F2N7/c21-19(22)14-3-4-17-24-10-16(29(17)12-14)20-23-6-5-18(27-20)28-7-1-2-13(11-28)15-8-25-26-9-15/h3-6,8-10,12-13,19H,1-2,7,11H2,(H,25,26). The predicted molar refractivity (Wildman–Crippen MR) is 104 cm³/mol. The molecule has 0 amide bonds. The number of aromatic nitrogens is 6. The van der Waals surface area contributed by atoms with Gasteiger partial charge < -0.3 is 4.90 Å². The van der Waals surface area contributed by atoms with Crippen molar-refractivity contribution in [2.75, 3.05) is 18.0 Å². The first-order chi connectivity index (χ1) is 14.2. The van der Waals surface area contributed by atoms with Crippen LogP contribution < -0.4 is 4.90 Å². The van der Waals surface area contributed by atoms with Gasteiger partial charge in [0.2, 0.25) is 0 Å². The molecule has 1 aliphatic heterocycles. The molecule has 7 nitrogen and oxygen atoms in total. The van der Waals surface area contributed by atoms with E-state index in [9.17, 15) is 8.78 Å². The van der Waals surface area contributed by atoms with Gasteiger partial charge in [0.05, 0.1) is 12.4 Å².